The quantitative estimate of drug-likeness (QED) is 0.344. The van der Waals surface area contributed by atoms with E-state index < -0.39 is 5.97 Å². The van der Waals surface area contributed by atoms with Crippen molar-refractivity contribution in [2.45, 2.75) is 0 Å². The molecule has 0 saturated carbocycles. The molecule has 2 rings (SSSR count). The van der Waals surface area contributed by atoms with Gasteiger partial charge in [0.2, 0.25) is 0 Å². The highest BCUT2D eigenvalue weighted by Gasteiger charge is 2.14. The molecule has 6 heteroatoms. The minimum absolute atomic E-state index is 0.0602. The molecule has 24 heavy (non-hydrogen) atoms. The lowest BCUT2D eigenvalue weighted by molar-refractivity contribution is -0.129. The van der Waals surface area contributed by atoms with E-state index in [-0.39, 0.29) is 16.5 Å². The number of benzene rings is 2. The van der Waals surface area contributed by atoms with Crippen LogP contribution in [0, 0.1) is 0 Å². The number of aldehydes is 1. The molecule has 0 fully saturated rings. The maximum Gasteiger partial charge on any atom is 0.336 e. The molecule has 2 aromatic rings. The highest BCUT2D eigenvalue weighted by molar-refractivity contribution is 6.32. The van der Waals surface area contributed by atoms with E-state index in [0.717, 1.165) is 5.56 Å². The lowest BCUT2D eigenvalue weighted by atomic mass is 10.2. The molecule has 124 valence electrons. The SMILES string of the molecule is COc1cccc(/C=C/C(=O)Oc2c(Cl)cc(C=O)cc2OC)c1. The van der Waals surface area contributed by atoms with Gasteiger partial charge in [0.05, 0.1) is 19.2 Å². The van der Waals surface area contributed by atoms with Crippen molar-refractivity contribution in [3.8, 4) is 17.2 Å². The minimum atomic E-state index is -0.628. The van der Waals surface area contributed by atoms with Crippen molar-refractivity contribution in [3.05, 3.63) is 58.6 Å². The Labute approximate surface area is 144 Å². The van der Waals surface area contributed by atoms with Gasteiger partial charge < -0.3 is 14.2 Å². The van der Waals surface area contributed by atoms with Crippen LogP contribution >= 0.6 is 11.6 Å². The van der Waals surface area contributed by atoms with Gasteiger partial charge in [-0.15, -0.1) is 0 Å². The lowest BCUT2D eigenvalue weighted by Gasteiger charge is -2.10. The smallest absolute Gasteiger partial charge is 0.336 e. The van der Waals surface area contributed by atoms with E-state index in [1.165, 1.54) is 25.3 Å². The molecule has 0 aliphatic carbocycles. The summed E-state index contributed by atoms with van der Waals surface area (Å²) in [6.45, 7) is 0. The molecule has 0 radical (unpaired) electrons. The average Bonchev–Trinajstić information content (AvgIpc) is 2.61. The monoisotopic (exact) mass is 346 g/mol. The lowest BCUT2D eigenvalue weighted by Crippen LogP contribution is -2.06. The Hall–Kier alpha value is -2.79. The largest absolute Gasteiger partial charge is 0.497 e. The molecule has 5 nitrogen and oxygen atoms in total. The number of carbonyl (C=O) groups excluding carboxylic acids is 2. The molecule has 0 bridgehead atoms. The first-order valence-corrected chi connectivity index (χ1v) is 7.32. The number of halogens is 1. The Morgan fingerprint density at radius 3 is 2.54 bits per heavy atom. The molecule has 0 atom stereocenters. The Kier molecular flexibility index (Phi) is 5.98. The summed E-state index contributed by atoms with van der Waals surface area (Å²) in [6, 6.07) is 10.0. The van der Waals surface area contributed by atoms with Crippen molar-refractivity contribution in [2.24, 2.45) is 0 Å². The number of rotatable bonds is 6. The first kappa shape index (κ1) is 17.6. The molecule has 2 aromatic carbocycles. The van der Waals surface area contributed by atoms with Crippen molar-refractivity contribution in [1.82, 2.24) is 0 Å². The topological polar surface area (TPSA) is 61.8 Å². The summed E-state index contributed by atoms with van der Waals surface area (Å²) >= 11 is 6.04. The molecule has 0 aliphatic heterocycles. The van der Waals surface area contributed by atoms with Crippen LogP contribution in [-0.4, -0.2) is 26.5 Å². The highest BCUT2D eigenvalue weighted by Crippen LogP contribution is 2.36. The summed E-state index contributed by atoms with van der Waals surface area (Å²) in [5, 5.41) is 0.111. The van der Waals surface area contributed by atoms with Crippen LogP contribution in [0.3, 0.4) is 0 Å². The van der Waals surface area contributed by atoms with Crippen LogP contribution in [0.5, 0.6) is 17.2 Å². The normalized spacial score (nSPS) is 10.5. The zero-order valence-electron chi connectivity index (χ0n) is 13.1. The summed E-state index contributed by atoms with van der Waals surface area (Å²) in [5.41, 5.74) is 1.10. The molecular formula is C18H15ClO5. The van der Waals surface area contributed by atoms with E-state index in [9.17, 15) is 9.59 Å². The van der Waals surface area contributed by atoms with Crippen LogP contribution in [0.15, 0.2) is 42.5 Å². The Morgan fingerprint density at radius 1 is 1.08 bits per heavy atom. The molecular weight excluding hydrogens is 332 g/mol. The Balaban J connectivity index is 2.17. The standard InChI is InChI=1S/C18H15ClO5/c1-22-14-5-3-4-12(8-14)6-7-17(21)24-18-15(19)9-13(11-20)10-16(18)23-2/h3-11H,1-2H3/b7-6+. The fourth-order valence-corrected chi connectivity index (χ4v) is 2.21. The third kappa shape index (κ3) is 4.36. The van der Waals surface area contributed by atoms with E-state index in [1.807, 2.05) is 12.1 Å². The van der Waals surface area contributed by atoms with E-state index >= 15 is 0 Å². The molecule has 0 unspecified atom stereocenters. The molecule has 0 N–H and O–H groups in total. The predicted octanol–water partition coefficient (Wildman–Crippen LogP) is 3.79. The third-order valence-corrected chi connectivity index (χ3v) is 3.38. The molecule has 0 heterocycles. The summed E-state index contributed by atoms with van der Waals surface area (Å²) < 4.78 is 15.4. The van der Waals surface area contributed by atoms with Gasteiger partial charge in [-0.25, -0.2) is 4.79 Å². The van der Waals surface area contributed by atoms with Gasteiger partial charge in [0, 0.05) is 11.6 Å². The van der Waals surface area contributed by atoms with Crippen molar-refractivity contribution in [2.75, 3.05) is 14.2 Å². The van der Waals surface area contributed by atoms with Crippen molar-refractivity contribution < 1.29 is 23.8 Å². The highest BCUT2D eigenvalue weighted by atomic mass is 35.5. The number of methoxy groups -OCH3 is 2. The number of esters is 1. The summed E-state index contributed by atoms with van der Waals surface area (Å²) in [5.74, 6) is 0.314. The zero-order valence-corrected chi connectivity index (χ0v) is 13.9. The third-order valence-electron chi connectivity index (χ3n) is 3.10. The molecule has 0 aromatic heterocycles. The van der Waals surface area contributed by atoms with E-state index in [0.29, 0.717) is 17.6 Å². The fourth-order valence-electron chi connectivity index (χ4n) is 1.95. The second-order valence-electron chi connectivity index (χ2n) is 4.68. The van der Waals surface area contributed by atoms with Crippen molar-refractivity contribution in [1.29, 1.82) is 0 Å². The first-order valence-electron chi connectivity index (χ1n) is 6.94. The molecule has 0 aliphatic rings. The van der Waals surface area contributed by atoms with Crippen LogP contribution in [0.1, 0.15) is 15.9 Å². The second-order valence-corrected chi connectivity index (χ2v) is 5.09. The van der Waals surface area contributed by atoms with Gasteiger partial charge in [0.15, 0.2) is 11.5 Å². The van der Waals surface area contributed by atoms with Gasteiger partial charge in [-0.3, -0.25) is 4.79 Å². The van der Waals surface area contributed by atoms with E-state index in [1.54, 1.807) is 25.3 Å². The molecule has 0 amide bonds. The maximum atomic E-state index is 12.0. The van der Waals surface area contributed by atoms with Gasteiger partial charge in [-0.1, -0.05) is 23.7 Å². The molecule has 0 saturated heterocycles. The average molecular weight is 347 g/mol. The summed E-state index contributed by atoms with van der Waals surface area (Å²) in [4.78, 5) is 22.8. The number of carbonyl (C=O) groups is 2. The Bertz CT molecular complexity index is 783. The van der Waals surface area contributed by atoms with Crippen LogP contribution in [0.2, 0.25) is 5.02 Å². The summed E-state index contributed by atoms with van der Waals surface area (Å²) in [7, 11) is 2.96. The van der Waals surface area contributed by atoms with Crippen LogP contribution in [0.25, 0.3) is 6.08 Å². The summed E-state index contributed by atoms with van der Waals surface area (Å²) in [6.07, 6.45) is 3.48. The van der Waals surface area contributed by atoms with Crippen molar-refractivity contribution in [3.63, 3.8) is 0 Å². The van der Waals surface area contributed by atoms with Gasteiger partial charge in [-0.05, 0) is 35.9 Å². The van der Waals surface area contributed by atoms with Gasteiger partial charge in [0.1, 0.15) is 12.0 Å². The predicted molar refractivity (Wildman–Crippen MR) is 91.1 cm³/mol. The van der Waals surface area contributed by atoms with Gasteiger partial charge in [0.25, 0.3) is 0 Å². The van der Waals surface area contributed by atoms with Gasteiger partial charge in [-0.2, -0.15) is 0 Å². The van der Waals surface area contributed by atoms with Crippen LogP contribution in [-0.2, 0) is 4.79 Å². The van der Waals surface area contributed by atoms with E-state index in [2.05, 4.69) is 0 Å². The molecule has 0 spiro atoms. The second kappa shape index (κ2) is 8.17. The maximum absolute atomic E-state index is 12.0. The van der Waals surface area contributed by atoms with E-state index in [4.69, 9.17) is 25.8 Å². The number of hydrogen-bond acceptors (Lipinski definition) is 5. The zero-order chi connectivity index (χ0) is 17.5. The van der Waals surface area contributed by atoms with Gasteiger partial charge >= 0.3 is 5.97 Å². The van der Waals surface area contributed by atoms with Crippen LogP contribution < -0.4 is 14.2 Å². The number of hydrogen-bond donors (Lipinski definition) is 0. The van der Waals surface area contributed by atoms with Crippen LogP contribution in [0.4, 0.5) is 0 Å². The first-order chi connectivity index (χ1) is 11.6. The fraction of sp³-hybridized carbons (Fsp3) is 0.111. The van der Waals surface area contributed by atoms with Crippen molar-refractivity contribution >= 4 is 29.9 Å². The minimum Gasteiger partial charge on any atom is -0.497 e. The Morgan fingerprint density at radius 2 is 1.88 bits per heavy atom. The number of ether oxygens (including phenoxy) is 3.